The van der Waals surface area contributed by atoms with Crippen LogP contribution in [0.1, 0.15) is 29.5 Å². The Morgan fingerprint density at radius 2 is 1.96 bits per heavy atom. The van der Waals surface area contributed by atoms with Gasteiger partial charge >= 0.3 is 0 Å². The van der Waals surface area contributed by atoms with E-state index in [1.807, 2.05) is 6.07 Å². The number of ether oxygens (including phenoxy) is 1. The van der Waals surface area contributed by atoms with Gasteiger partial charge in [0.2, 0.25) is 0 Å². The maximum absolute atomic E-state index is 13.4. The highest BCUT2D eigenvalue weighted by Gasteiger charge is 2.28. The highest BCUT2D eigenvalue weighted by atomic mass is 19.1. The quantitative estimate of drug-likeness (QED) is 0.829. The zero-order valence-corrected chi connectivity index (χ0v) is 15.5. The molecule has 26 heavy (non-hydrogen) atoms. The van der Waals surface area contributed by atoms with Crippen LogP contribution in [-0.4, -0.2) is 42.6 Å². The van der Waals surface area contributed by atoms with Crippen LogP contribution in [0.25, 0.3) is 0 Å². The Kier molecular flexibility index (Phi) is 5.23. The lowest BCUT2D eigenvalue weighted by molar-refractivity contribution is 0.0834. The molecular formula is C22H27FN2O. The molecule has 0 saturated carbocycles. The van der Waals surface area contributed by atoms with E-state index in [0.29, 0.717) is 11.8 Å². The number of benzene rings is 2. The number of hydrogen-bond donors (Lipinski definition) is 0. The Morgan fingerprint density at radius 3 is 2.81 bits per heavy atom. The van der Waals surface area contributed by atoms with Crippen molar-refractivity contribution in [1.29, 1.82) is 0 Å². The van der Waals surface area contributed by atoms with E-state index in [9.17, 15) is 4.39 Å². The van der Waals surface area contributed by atoms with Crippen LogP contribution < -0.4 is 4.74 Å². The van der Waals surface area contributed by atoms with Crippen LogP contribution in [0.15, 0.2) is 42.5 Å². The topological polar surface area (TPSA) is 15.7 Å². The number of piperidine rings is 1. The van der Waals surface area contributed by atoms with E-state index in [1.54, 1.807) is 7.11 Å². The molecule has 2 aliphatic rings. The molecular weight excluding hydrogens is 327 g/mol. The maximum atomic E-state index is 13.4. The predicted molar refractivity (Wildman–Crippen MR) is 102 cm³/mol. The summed E-state index contributed by atoms with van der Waals surface area (Å²) < 4.78 is 18.8. The second kappa shape index (κ2) is 7.77. The second-order valence-corrected chi connectivity index (χ2v) is 7.48. The summed E-state index contributed by atoms with van der Waals surface area (Å²) in [5.41, 5.74) is 4.06. The van der Waals surface area contributed by atoms with Gasteiger partial charge in [-0.1, -0.05) is 30.3 Å². The first kappa shape index (κ1) is 17.5. The summed E-state index contributed by atoms with van der Waals surface area (Å²) in [6.45, 7) is 5.21. The van der Waals surface area contributed by atoms with Crippen molar-refractivity contribution in [2.75, 3.05) is 26.7 Å². The van der Waals surface area contributed by atoms with Crippen molar-refractivity contribution >= 4 is 0 Å². The van der Waals surface area contributed by atoms with E-state index in [1.165, 1.54) is 36.1 Å². The van der Waals surface area contributed by atoms with Crippen LogP contribution in [0, 0.1) is 5.82 Å². The fraction of sp³-hybridized carbons (Fsp3) is 0.455. The Balaban J connectivity index is 1.42. The zero-order valence-electron chi connectivity index (χ0n) is 15.5. The van der Waals surface area contributed by atoms with Crippen LogP contribution >= 0.6 is 0 Å². The van der Waals surface area contributed by atoms with Crippen LogP contribution in [0.5, 0.6) is 5.75 Å². The first-order chi connectivity index (χ1) is 12.7. The van der Waals surface area contributed by atoms with Gasteiger partial charge < -0.3 is 4.74 Å². The lowest BCUT2D eigenvalue weighted by atomic mass is 9.96. The Hall–Kier alpha value is -1.91. The molecule has 4 rings (SSSR count). The van der Waals surface area contributed by atoms with Crippen molar-refractivity contribution in [1.82, 2.24) is 9.80 Å². The maximum Gasteiger partial charge on any atom is 0.126 e. The first-order valence-electron chi connectivity index (χ1n) is 9.58. The van der Waals surface area contributed by atoms with Crippen molar-refractivity contribution in [3.8, 4) is 5.75 Å². The number of fused-ring (bicyclic) bond motifs is 1. The summed E-state index contributed by atoms with van der Waals surface area (Å²) in [7, 11) is 1.61. The van der Waals surface area contributed by atoms with Gasteiger partial charge in [0.05, 0.1) is 7.11 Å². The lowest BCUT2D eigenvalue weighted by Gasteiger charge is -2.41. The molecule has 2 aromatic carbocycles. The van der Waals surface area contributed by atoms with Crippen LogP contribution in [0.3, 0.4) is 0 Å². The lowest BCUT2D eigenvalue weighted by Crippen LogP contribution is -2.49. The number of hydrogen-bond acceptors (Lipinski definition) is 3. The third kappa shape index (κ3) is 3.76. The van der Waals surface area contributed by atoms with Crippen molar-refractivity contribution in [2.24, 2.45) is 0 Å². The van der Waals surface area contributed by atoms with E-state index >= 15 is 0 Å². The molecule has 2 aliphatic heterocycles. The second-order valence-electron chi connectivity index (χ2n) is 7.48. The Morgan fingerprint density at radius 1 is 1.12 bits per heavy atom. The van der Waals surface area contributed by atoms with Gasteiger partial charge in [-0.3, -0.25) is 9.80 Å². The molecule has 3 nitrogen and oxygen atoms in total. The summed E-state index contributed by atoms with van der Waals surface area (Å²) in [5.74, 6) is 0.410. The predicted octanol–water partition coefficient (Wildman–Crippen LogP) is 3.86. The Bertz CT molecular complexity index is 764. The van der Waals surface area contributed by atoms with Crippen LogP contribution in [0.4, 0.5) is 4.39 Å². The molecule has 1 fully saturated rings. The molecule has 0 amide bonds. The molecule has 0 bridgehead atoms. The molecule has 2 heterocycles. The molecule has 138 valence electrons. The normalized spacial score (nSPS) is 21.4. The van der Waals surface area contributed by atoms with Gasteiger partial charge in [0.15, 0.2) is 0 Å². The van der Waals surface area contributed by atoms with Gasteiger partial charge in [0.1, 0.15) is 11.6 Å². The number of rotatable bonds is 4. The summed E-state index contributed by atoms with van der Waals surface area (Å²) in [6.07, 6.45) is 3.63. The van der Waals surface area contributed by atoms with Gasteiger partial charge in [0.25, 0.3) is 0 Å². The molecule has 1 saturated heterocycles. The van der Waals surface area contributed by atoms with Gasteiger partial charge in [-0.05, 0) is 43.0 Å². The van der Waals surface area contributed by atoms with E-state index < -0.39 is 0 Å². The van der Waals surface area contributed by atoms with Crippen molar-refractivity contribution in [3.63, 3.8) is 0 Å². The molecule has 1 atom stereocenters. The average molecular weight is 354 g/mol. The molecule has 0 N–H and O–H groups in total. The van der Waals surface area contributed by atoms with Crippen LogP contribution in [0.2, 0.25) is 0 Å². The van der Waals surface area contributed by atoms with Gasteiger partial charge in [-0.15, -0.1) is 0 Å². The van der Waals surface area contributed by atoms with E-state index in [2.05, 4.69) is 34.1 Å². The molecule has 1 unspecified atom stereocenters. The van der Waals surface area contributed by atoms with Crippen LogP contribution in [-0.2, 0) is 19.5 Å². The van der Waals surface area contributed by atoms with Crippen molar-refractivity contribution in [3.05, 3.63) is 65.0 Å². The number of likely N-dealkylation sites (tertiary alicyclic amines) is 1. The molecule has 0 radical (unpaired) electrons. The molecule has 0 spiro atoms. The Labute approximate surface area is 155 Å². The highest BCUT2D eigenvalue weighted by Crippen LogP contribution is 2.27. The minimum atomic E-state index is -0.242. The molecule has 0 aromatic heterocycles. The highest BCUT2D eigenvalue weighted by molar-refractivity contribution is 5.34. The van der Waals surface area contributed by atoms with E-state index in [-0.39, 0.29) is 5.82 Å². The van der Waals surface area contributed by atoms with E-state index in [0.717, 1.165) is 44.7 Å². The fourth-order valence-electron chi connectivity index (χ4n) is 4.39. The number of nitrogens with zero attached hydrogens (tertiary/aromatic N) is 2. The minimum absolute atomic E-state index is 0.242. The average Bonchev–Trinajstić information content (AvgIpc) is 2.69. The van der Waals surface area contributed by atoms with Gasteiger partial charge in [-0.25, -0.2) is 4.39 Å². The van der Waals surface area contributed by atoms with Crippen molar-refractivity contribution in [2.45, 2.75) is 38.4 Å². The molecule has 2 aromatic rings. The third-order valence-corrected chi connectivity index (χ3v) is 5.80. The number of methoxy groups -OCH3 is 1. The first-order valence-corrected chi connectivity index (χ1v) is 9.58. The number of halogens is 1. The SMILES string of the molecule is COc1cc(F)ccc1CN1CCCC(N2CCc3ccccc3C2)C1. The van der Waals surface area contributed by atoms with Gasteiger partial charge in [0, 0.05) is 43.9 Å². The molecule has 4 heteroatoms. The zero-order chi connectivity index (χ0) is 17.9. The summed E-state index contributed by atoms with van der Waals surface area (Å²) in [6, 6.07) is 14.3. The minimum Gasteiger partial charge on any atom is -0.496 e. The standard InChI is InChI=1S/C22H27FN2O/c1-26-22-13-20(23)9-8-19(22)14-24-11-4-7-21(16-24)25-12-10-17-5-2-3-6-18(17)15-25/h2-3,5-6,8-9,13,21H,4,7,10-12,14-16H2,1H3. The summed E-state index contributed by atoms with van der Waals surface area (Å²) in [5, 5.41) is 0. The third-order valence-electron chi connectivity index (χ3n) is 5.80. The van der Waals surface area contributed by atoms with E-state index in [4.69, 9.17) is 4.74 Å². The largest absolute Gasteiger partial charge is 0.496 e. The molecule has 0 aliphatic carbocycles. The smallest absolute Gasteiger partial charge is 0.126 e. The monoisotopic (exact) mass is 354 g/mol. The van der Waals surface area contributed by atoms with Crippen molar-refractivity contribution < 1.29 is 9.13 Å². The fourth-order valence-corrected chi connectivity index (χ4v) is 4.39. The summed E-state index contributed by atoms with van der Waals surface area (Å²) in [4.78, 5) is 5.14. The summed E-state index contributed by atoms with van der Waals surface area (Å²) >= 11 is 0. The van der Waals surface area contributed by atoms with Gasteiger partial charge in [-0.2, -0.15) is 0 Å².